The van der Waals surface area contributed by atoms with Crippen molar-refractivity contribution in [3.63, 3.8) is 0 Å². The van der Waals surface area contributed by atoms with E-state index in [9.17, 15) is 14.9 Å². The fraction of sp³-hybridized carbons (Fsp3) is 0. The molecule has 0 N–H and O–H groups in total. The third-order valence-electron chi connectivity index (χ3n) is 7.17. The molecular formula is C33H19N3O2. The molecule has 0 saturated heterocycles. The van der Waals surface area contributed by atoms with E-state index in [1.807, 2.05) is 72.8 Å². The lowest BCUT2D eigenvalue weighted by Crippen LogP contribution is -2.29. The van der Waals surface area contributed by atoms with E-state index in [0.717, 1.165) is 32.9 Å². The molecule has 178 valence electrons. The summed E-state index contributed by atoms with van der Waals surface area (Å²) >= 11 is 0. The van der Waals surface area contributed by atoms with Gasteiger partial charge in [0.05, 0.1) is 45.2 Å². The van der Waals surface area contributed by atoms with E-state index >= 15 is 0 Å². The SMILES string of the molecule is N#Cc1ccc(-c2cccc3c4ccccc4n(-c4cccc5c4C(=O)N(c4ccccc4)C5=O)c23)cc1. The van der Waals surface area contributed by atoms with E-state index in [-0.39, 0.29) is 11.8 Å². The largest absolute Gasteiger partial charge is 0.308 e. The Morgan fingerprint density at radius 2 is 1.29 bits per heavy atom. The number of para-hydroxylation sites is 3. The molecule has 6 aromatic rings. The normalized spacial score (nSPS) is 12.8. The summed E-state index contributed by atoms with van der Waals surface area (Å²) in [5.41, 5.74) is 6.37. The minimum Gasteiger partial charge on any atom is -0.308 e. The number of carbonyl (C=O) groups excluding carboxylic acids is 2. The van der Waals surface area contributed by atoms with Crippen LogP contribution >= 0.6 is 0 Å². The third-order valence-corrected chi connectivity index (χ3v) is 7.17. The summed E-state index contributed by atoms with van der Waals surface area (Å²) in [6.07, 6.45) is 0. The van der Waals surface area contributed by atoms with Gasteiger partial charge in [0.15, 0.2) is 0 Å². The number of fused-ring (bicyclic) bond motifs is 4. The van der Waals surface area contributed by atoms with Crippen LogP contribution in [-0.4, -0.2) is 16.4 Å². The van der Waals surface area contributed by atoms with Crippen molar-refractivity contribution >= 4 is 39.3 Å². The topological polar surface area (TPSA) is 66.1 Å². The second kappa shape index (κ2) is 8.29. The Balaban J connectivity index is 1.55. The van der Waals surface area contributed by atoms with E-state index in [1.54, 1.807) is 30.3 Å². The van der Waals surface area contributed by atoms with Crippen molar-refractivity contribution in [1.82, 2.24) is 4.57 Å². The van der Waals surface area contributed by atoms with Crippen LogP contribution in [0.2, 0.25) is 0 Å². The van der Waals surface area contributed by atoms with E-state index in [1.165, 1.54) is 4.90 Å². The molecule has 0 bridgehead atoms. The van der Waals surface area contributed by atoms with Crippen molar-refractivity contribution in [2.24, 2.45) is 0 Å². The first-order valence-corrected chi connectivity index (χ1v) is 12.3. The average Bonchev–Trinajstić information content (AvgIpc) is 3.45. The predicted molar refractivity (Wildman–Crippen MR) is 149 cm³/mol. The molecule has 2 heterocycles. The van der Waals surface area contributed by atoms with Crippen LogP contribution in [0.15, 0.2) is 115 Å². The maximum atomic E-state index is 13.9. The van der Waals surface area contributed by atoms with E-state index in [0.29, 0.717) is 28.1 Å². The Morgan fingerprint density at radius 3 is 2.08 bits per heavy atom. The molecule has 5 heteroatoms. The van der Waals surface area contributed by atoms with Crippen LogP contribution in [0.3, 0.4) is 0 Å². The monoisotopic (exact) mass is 489 g/mol. The van der Waals surface area contributed by atoms with Crippen LogP contribution in [-0.2, 0) is 0 Å². The summed E-state index contributed by atoms with van der Waals surface area (Å²) in [5.74, 6) is -0.667. The van der Waals surface area contributed by atoms with Crippen LogP contribution in [0.25, 0.3) is 38.6 Å². The van der Waals surface area contributed by atoms with Gasteiger partial charge in [-0.2, -0.15) is 5.26 Å². The Hall–Kier alpha value is -5.47. The van der Waals surface area contributed by atoms with Crippen LogP contribution in [0, 0.1) is 11.3 Å². The number of hydrogen-bond donors (Lipinski definition) is 0. The summed E-state index contributed by atoms with van der Waals surface area (Å²) < 4.78 is 2.09. The lowest BCUT2D eigenvalue weighted by Gasteiger charge is -2.15. The standard InChI is InChI=1S/C33H19N3O2/c34-20-21-16-18-22(19-17-21)24-11-6-12-26-25-10-4-5-14-28(25)36(31(24)26)29-15-7-13-27-30(29)33(38)35(32(27)37)23-8-2-1-3-9-23/h1-19H. The Kier molecular flexibility index (Phi) is 4.75. The molecule has 5 aromatic carbocycles. The van der Waals surface area contributed by atoms with Crippen LogP contribution in [0.4, 0.5) is 5.69 Å². The first kappa shape index (κ1) is 21.8. The van der Waals surface area contributed by atoms with Crippen molar-refractivity contribution in [3.8, 4) is 22.9 Å². The molecule has 1 aromatic heterocycles. The lowest BCUT2D eigenvalue weighted by atomic mass is 10.0. The highest BCUT2D eigenvalue weighted by Gasteiger charge is 2.39. The van der Waals surface area contributed by atoms with Gasteiger partial charge in [0.2, 0.25) is 0 Å². The van der Waals surface area contributed by atoms with Gasteiger partial charge >= 0.3 is 0 Å². The van der Waals surface area contributed by atoms with Crippen molar-refractivity contribution in [2.75, 3.05) is 4.90 Å². The highest BCUT2D eigenvalue weighted by Crippen LogP contribution is 2.41. The molecule has 7 rings (SSSR count). The van der Waals surface area contributed by atoms with Crippen LogP contribution in [0.1, 0.15) is 26.3 Å². The van der Waals surface area contributed by atoms with Gasteiger partial charge in [-0.25, -0.2) is 4.90 Å². The van der Waals surface area contributed by atoms with Crippen molar-refractivity contribution in [3.05, 3.63) is 132 Å². The van der Waals surface area contributed by atoms with Crippen molar-refractivity contribution in [1.29, 1.82) is 5.26 Å². The fourth-order valence-electron chi connectivity index (χ4n) is 5.49. The summed E-state index contributed by atoms with van der Waals surface area (Å²) in [5, 5.41) is 11.4. The Labute approximate surface area is 218 Å². The predicted octanol–water partition coefficient (Wildman–Crippen LogP) is 7.12. The van der Waals surface area contributed by atoms with Gasteiger partial charge in [-0.05, 0) is 48.0 Å². The molecule has 0 spiro atoms. The average molecular weight is 490 g/mol. The number of benzene rings is 5. The van der Waals surface area contributed by atoms with Gasteiger partial charge < -0.3 is 4.57 Å². The highest BCUT2D eigenvalue weighted by atomic mass is 16.2. The molecule has 0 fully saturated rings. The number of nitriles is 1. The smallest absolute Gasteiger partial charge is 0.268 e. The zero-order valence-electron chi connectivity index (χ0n) is 20.1. The Morgan fingerprint density at radius 1 is 0.605 bits per heavy atom. The summed E-state index contributed by atoms with van der Waals surface area (Å²) in [6.45, 7) is 0. The van der Waals surface area contributed by atoms with Gasteiger partial charge in [-0.1, -0.05) is 72.8 Å². The van der Waals surface area contributed by atoms with Gasteiger partial charge in [-0.3, -0.25) is 9.59 Å². The molecule has 0 aliphatic carbocycles. The van der Waals surface area contributed by atoms with Crippen LogP contribution < -0.4 is 4.90 Å². The molecule has 2 amide bonds. The zero-order chi connectivity index (χ0) is 25.8. The summed E-state index contributed by atoms with van der Waals surface area (Å²) in [4.78, 5) is 28.6. The first-order chi connectivity index (χ1) is 18.7. The maximum Gasteiger partial charge on any atom is 0.268 e. The van der Waals surface area contributed by atoms with Gasteiger partial charge in [0.25, 0.3) is 11.8 Å². The molecule has 1 aliphatic heterocycles. The molecule has 0 radical (unpaired) electrons. The number of imide groups is 1. The van der Waals surface area contributed by atoms with Gasteiger partial charge in [0, 0.05) is 16.3 Å². The van der Waals surface area contributed by atoms with E-state index < -0.39 is 0 Å². The Bertz CT molecular complexity index is 1960. The molecule has 1 aliphatic rings. The number of carbonyl (C=O) groups is 2. The van der Waals surface area contributed by atoms with E-state index in [2.05, 4.69) is 22.8 Å². The highest BCUT2D eigenvalue weighted by molar-refractivity contribution is 6.35. The maximum absolute atomic E-state index is 13.9. The van der Waals surface area contributed by atoms with Crippen molar-refractivity contribution < 1.29 is 9.59 Å². The zero-order valence-corrected chi connectivity index (χ0v) is 20.1. The second-order valence-electron chi connectivity index (χ2n) is 9.22. The number of aromatic nitrogens is 1. The van der Waals surface area contributed by atoms with Gasteiger partial charge in [-0.15, -0.1) is 0 Å². The molecule has 5 nitrogen and oxygen atoms in total. The molecule has 0 atom stereocenters. The molecule has 0 saturated carbocycles. The molecule has 0 unspecified atom stereocenters. The van der Waals surface area contributed by atoms with Gasteiger partial charge in [0.1, 0.15) is 0 Å². The number of amides is 2. The minimum absolute atomic E-state index is 0.328. The number of rotatable bonds is 3. The second-order valence-corrected chi connectivity index (χ2v) is 9.22. The fourth-order valence-corrected chi connectivity index (χ4v) is 5.49. The van der Waals surface area contributed by atoms with Crippen LogP contribution in [0.5, 0.6) is 0 Å². The molecule has 38 heavy (non-hydrogen) atoms. The minimum atomic E-state index is -0.339. The quantitative estimate of drug-likeness (QED) is 0.249. The first-order valence-electron chi connectivity index (χ1n) is 12.3. The molecular weight excluding hydrogens is 470 g/mol. The lowest BCUT2D eigenvalue weighted by molar-refractivity contribution is 0.0926. The number of nitrogens with zero attached hydrogens (tertiary/aromatic N) is 3. The number of hydrogen-bond acceptors (Lipinski definition) is 3. The summed E-state index contributed by atoms with van der Waals surface area (Å²) in [7, 11) is 0. The summed E-state index contributed by atoms with van der Waals surface area (Å²) in [6, 6.07) is 38.4. The third kappa shape index (κ3) is 3.04. The van der Waals surface area contributed by atoms with E-state index in [4.69, 9.17) is 0 Å². The number of anilines is 1. The van der Waals surface area contributed by atoms with Crippen molar-refractivity contribution in [2.45, 2.75) is 0 Å².